The summed E-state index contributed by atoms with van der Waals surface area (Å²) in [7, 11) is 0. The Morgan fingerprint density at radius 3 is 2.72 bits per heavy atom. The largest absolute Gasteiger partial charge is 0.503 e. The fourth-order valence-electron chi connectivity index (χ4n) is 2.89. The molecule has 0 aliphatic carbocycles. The predicted octanol–water partition coefficient (Wildman–Crippen LogP) is 0.829. The molecule has 9 heteroatoms. The van der Waals surface area contributed by atoms with Crippen LogP contribution in [0.25, 0.3) is 0 Å². The molecule has 2 aliphatic heterocycles. The molecule has 0 saturated carbocycles. The zero-order chi connectivity index (χ0) is 18.0. The number of phenolic OH excluding ortho intramolecular Hbond substituents is 1. The molecule has 2 aliphatic rings. The lowest BCUT2D eigenvalue weighted by Gasteiger charge is -2.29. The predicted molar refractivity (Wildman–Crippen MR) is 87.4 cm³/mol. The molecule has 1 aromatic carbocycles. The number of hydrogen-bond donors (Lipinski definition) is 2. The van der Waals surface area contributed by atoms with E-state index in [9.17, 15) is 19.1 Å². The minimum Gasteiger partial charge on any atom is -0.503 e. The van der Waals surface area contributed by atoms with E-state index in [0.29, 0.717) is 26.3 Å². The Balaban J connectivity index is 1.77. The average molecular weight is 353 g/mol. The van der Waals surface area contributed by atoms with Gasteiger partial charge in [-0.1, -0.05) is 0 Å². The monoisotopic (exact) mass is 353 g/mol. The second kappa shape index (κ2) is 7.14. The maximum Gasteiger partial charge on any atom is 0.414 e. The minimum atomic E-state index is -0.780. The normalized spacial score (nSPS) is 20.6. The summed E-state index contributed by atoms with van der Waals surface area (Å²) in [5, 5.41) is 12.8. The SMILES string of the molecule is CC(=O)NC[C@H]1CN(c2ccc(N3CCOCC3)c(F)c2O)C(=O)O1. The van der Waals surface area contributed by atoms with E-state index >= 15 is 0 Å². The average Bonchev–Trinajstić information content (AvgIpc) is 2.97. The molecule has 0 aromatic heterocycles. The molecular formula is C16H20FN3O5. The molecule has 25 heavy (non-hydrogen) atoms. The molecule has 0 spiro atoms. The Kier molecular flexibility index (Phi) is 4.93. The van der Waals surface area contributed by atoms with Gasteiger partial charge >= 0.3 is 6.09 Å². The molecule has 2 fully saturated rings. The number of carbonyl (C=O) groups is 2. The molecule has 2 saturated heterocycles. The van der Waals surface area contributed by atoms with Gasteiger partial charge in [0, 0.05) is 20.0 Å². The number of amides is 2. The summed E-state index contributed by atoms with van der Waals surface area (Å²) < 4.78 is 25.0. The second-order valence-electron chi connectivity index (χ2n) is 5.92. The number of rotatable bonds is 4. The number of aromatic hydroxyl groups is 1. The Hall–Kier alpha value is -2.55. The van der Waals surface area contributed by atoms with Gasteiger partial charge in [-0.2, -0.15) is 0 Å². The zero-order valence-electron chi connectivity index (χ0n) is 13.8. The van der Waals surface area contributed by atoms with Gasteiger partial charge < -0.3 is 24.8 Å². The van der Waals surface area contributed by atoms with E-state index in [1.807, 2.05) is 0 Å². The molecule has 0 bridgehead atoms. The van der Waals surface area contributed by atoms with E-state index < -0.39 is 23.8 Å². The van der Waals surface area contributed by atoms with Crippen molar-refractivity contribution >= 4 is 23.4 Å². The number of carbonyl (C=O) groups excluding carboxylic acids is 2. The van der Waals surface area contributed by atoms with E-state index in [-0.39, 0.29) is 30.4 Å². The molecule has 136 valence electrons. The number of anilines is 2. The van der Waals surface area contributed by atoms with Crippen molar-refractivity contribution < 1.29 is 28.6 Å². The zero-order valence-corrected chi connectivity index (χ0v) is 13.8. The number of cyclic esters (lactones) is 1. The first-order valence-corrected chi connectivity index (χ1v) is 8.04. The third-order valence-corrected chi connectivity index (χ3v) is 4.17. The first-order valence-electron chi connectivity index (χ1n) is 8.04. The van der Waals surface area contributed by atoms with Gasteiger partial charge in [0.25, 0.3) is 0 Å². The van der Waals surface area contributed by atoms with Crippen LogP contribution in [0.1, 0.15) is 6.92 Å². The van der Waals surface area contributed by atoms with Crippen LogP contribution in [-0.2, 0) is 14.3 Å². The molecule has 8 nitrogen and oxygen atoms in total. The number of ether oxygens (including phenoxy) is 2. The van der Waals surface area contributed by atoms with Crippen molar-refractivity contribution in [2.24, 2.45) is 0 Å². The molecule has 0 unspecified atom stereocenters. The number of nitrogens with one attached hydrogen (secondary N) is 1. The molecular weight excluding hydrogens is 333 g/mol. The van der Waals surface area contributed by atoms with Crippen LogP contribution in [0, 0.1) is 5.82 Å². The van der Waals surface area contributed by atoms with Crippen LogP contribution >= 0.6 is 0 Å². The Morgan fingerprint density at radius 1 is 1.36 bits per heavy atom. The molecule has 0 radical (unpaired) electrons. The van der Waals surface area contributed by atoms with Crippen LogP contribution in [0.2, 0.25) is 0 Å². The number of hydrogen-bond acceptors (Lipinski definition) is 6. The van der Waals surface area contributed by atoms with Crippen LogP contribution in [0.3, 0.4) is 0 Å². The highest BCUT2D eigenvalue weighted by Crippen LogP contribution is 2.37. The highest BCUT2D eigenvalue weighted by Gasteiger charge is 2.35. The van der Waals surface area contributed by atoms with Crippen molar-refractivity contribution in [2.75, 3.05) is 49.2 Å². The van der Waals surface area contributed by atoms with Crippen molar-refractivity contribution in [2.45, 2.75) is 13.0 Å². The fourth-order valence-corrected chi connectivity index (χ4v) is 2.89. The van der Waals surface area contributed by atoms with Crippen molar-refractivity contribution in [3.05, 3.63) is 17.9 Å². The van der Waals surface area contributed by atoms with Crippen LogP contribution in [0.15, 0.2) is 12.1 Å². The van der Waals surface area contributed by atoms with Gasteiger partial charge in [-0.15, -0.1) is 0 Å². The van der Waals surface area contributed by atoms with Crippen molar-refractivity contribution in [1.29, 1.82) is 0 Å². The number of morpholine rings is 1. The Morgan fingerprint density at radius 2 is 2.04 bits per heavy atom. The quantitative estimate of drug-likeness (QED) is 0.833. The maximum absolute atomic E-state index is 14.6. The first-order chi connectivity index (χ1) is 12.0. The summed E-state index contributed by atoms with van der Waals surface area (Å²) in [4.78, 5) is 25.9. The highest BCUT2D eigenvalue weighted by molar-refractivity contribution is 5.92. The third-order valence-electron chi connectivity index (χ3n) is 4.17. The smallest absolute Gasteiger partial charge is 0.414 e. The minimum absolute atomic E-state index is 0.0461. The number of halogens is 1. The molecule has 1 aromatic rings. The lowest BCUT2D eigenvalue weighted by molar-refractivity contribution is -0.119. The summed E-state index contributed by atoms with van der Waals surface area (Å²) in [6.07, 6.45) is -1.25. The van der Waals surface area contributed by atoms with Crippen LogP contribution < -0.4 is 15.1 Å². The molecule has 2 amide bonds. The van der Waals surface area contributed by atoms with Gasteiger partial charge in [0.15, 0.2) is 11.6 Å². The van der Waals surface area contributed by atoms with Crippen LogP contribution in [-0.4, -0.2) is 62.6 Å². The molecule has 2 N–H and O–H groups in total. The second-order valence-corrected chi connectivity index (χ2v) is 5.92. The van der Waals surface area contributed by atoms with E-state index in [4.69, 9.17) is 9.47 Å². The van der Waals surface area contributed by atoms with Gasteiger partial charge in [-0.25, -0.2) is 9.18 Å². The lowest BCUT2D eigenvalue weighted by atomic mass is 10.2. The van der Waals surface area contributed by atoms with Crippen molar-refractivity contribution in [3.8, 4) is 5.75 Å². The highest BCUT2D eigenvalue weighted by atomic mass is 19.1. The molecule has 2 heterocycles. The summed E-state index contributed by atoms with van der Waals surface area (Å²) in [6.45, 7) is 3.67. The van der Waals surface area contributed by atoms with Gasteiger partial charge in [-0.05, 0) is 12.1 Å². The van der Waals surface area contributed by atoms with Crippen LogP contribution in [0.4, 0.5) is 20.6 Å². The van der Waals surface area contributed by atoms with Crippen molar-refractivity contribution in [3.63, 3.8) is 0 Å². The summed E-state index contributed by atoms with van der Waals surface area (Å²) in [5.74, 6) is -1.61. The van der Waals surface area contributed by atoms with Gasteiger partial charge in [0.1, 0.15) is 6.10 Å². The van der Waals surface area contributed by atoms with E-state index in [0.717, 1.165) is 4.90 Å². The van der Waals surface area contributed by atoms with E-state index in [1.54, 1.807) is 4.90 Å². The van der Waals surface area contributed by atoms with Crippen molar-refractivity contribution in [1.82, 2.24) is 5.32 Å². The summed E-state index contributed by atoms with van der Waals surface area (Å²) in [5.41, 5.74) is 0.316. The van der Waals surface area contributed by atoms with E-state index in [1.165, 1.54) is 19.1 Å². The standard InChI is InChI=1S/C16H20FN3O5/c1-10(21)18-8-11-9-20(16(23)25-11)13-3-2-12(14(17)15(13)22)19-4-6-24-7-5-19/h2-3,11,22H,4-9H2,1H3,(H,18,21)/t11-/m0/s1. The Bertz CT molecular complexity index is 678. The third kappa shape index (κ3) is 3.60. The summed E-state index contributed by atoms with van der Waals surface area (Å²) >= 11 is 0. The van der Waals surface area contributed by atoms with Gasteiger partial charge in [-0.3, -0.25) is 9.69 Å². The number of benzene rings is 1. The fraction of sp³-hybridized carbons (Fsp3) is 0.500. The topological polar surface area (TPSA) is 91.3 Å². The molecule has 1 atom stereocenters. The maximum atomic E-state index is 14.6. The summed E-state index contributed by atoms with van der Waals surface area (Å²) in [6, 6.07) is 3.02. The molecule has 3 rings (SSSR count). The number of nitrogens with zero attached hydrogens (tertiary/aromatic N) is 2. The van der Waals surface area contributed by atoms with Gasteiger partial charge in [0.2, 0.25) is 5.91 Å². The number of phenols is 1. The van der Waals surface area contributed by atoms with Crippen LogP contribution in [0.5, 0.6) is 5.75 Å². The first kappa shape index (κ1) is 17.3. The Labute approximate surface area is 144 Å². The lowest BCUT2D eigenvalue weighted by Crippen LogP contribution is -2.37. The van der Waals surface area contributed by atoms with E-state index in [2.05, 4.69) is 5.32 Å². The van der Waals surface area contributed by atoms with Gasteiger partial charge in [0.05, 0.1) is 37.7 Å².